The molecule has 1 aromatic rings. The first-order valence-electron chi connectivity index (χ1n) is 7.31. The number of benzene rings is 1. The Morgan fingerprint density at radius 1 is 1.19 bits per heavy atom. The van der Waals surface area contributed by atoms with Crippen LogP contribution in [0.1, 0.15) is 19.4 Å². The van der Waals surface area contributed by atoms with E-state index in [-0.39, 0.29) is 17.7 Å². The van der Waals surface area contributed by atoms with Gasteiger partial charge in [-0.2, -0.15) is 0 Å². The molecule has 1 aromatic carbocycles. The normalized spacial score (nSPS) is 15.1. The SMILES string of the molecule is CC(C)C(=O)Nc1ccc(CC(=O)N2CCOCC2)cc1. The van der Waals surface area contributed by atoms with Gasteiger partial charge in [0.15, 0.2) is 0 Å². The van der Waals surface area contributed by atoms with Crippen molar-refractivity contribution in [2.45, 2.75) is 20.3 Å². The predicted octanol–water partition coefficient (Wildman–Crippen LogP) is 1.68. The molecule has 0 aromatic heterocycles. The second-order valence-corrected chi connectivity index (χ2v) is 5.51. The second-order valence-electron chi connectivity index (χ2n) is 5.51. The lowest BCUT2D eigenvalue weighted by atomic mass is 10.1. The third-order valence-electron chi connectivity index (χ3n) is 3.46. The molecule has 0 spiro atoms. The molecule has 1 aliphatic heterocycles. The first-order chi connectivity index (χ1) is 10.1. The Balaban J connectivity index is 1.89. The standard InChI is InChI=1S/C16H22N2O3/c1-12(2)16(20)17-14-5-3-13(4-6-14)11-15(19)18-7-9-21-10-8-18/h3-6,12H,7-11H2,1-2H3,(H,17,20). The molecule has 1 fully saturated rings. The minimum absolute atomic E-state index is 0.00727. The maximum Gasteiger partial charge on any atom is 0.227 e. The van der Waals surface area contributed by atoms with Crippen molar-refractivity contribution in [3.05, 3.63) is 29.8 Å². The van der Waals surface area contributed by atoms with E-state index >= 15 is 0 Å². The molecule has 1 saturated heterocycles. The quantitative estimate of drug-likeness (QED) is 0.918. The van der Waals surface area contributed by atoms with Crippen molar-refractivity contribution in [1.29, 1.82) is 0 Å². The number of anilines is 1. The summed E-state index contributed by atoms with van der Waals surface area (Å²) >= 11 is 0. The zero-order valence-electron chi connectivity index (χ0n) is 12.6. The van der Waals surface area contributed by atoms with Gasteiger partial charge < -0.3 is 15.0 Å². The smallest absolute Gasteiger partial charge is 0.227 e. The monoisotopic (exact) mass is 290 g/mol. The number of carbonyl (C=O) groups excluding carboxylic acids is 2. The topological polar surface area (TPSA) is 58.6 Å². The van der Waals surface area contributed by atoms with Crippen molar-refractivity contribution >= 4 is 17.5 Å². The van der Waals surface area contributed by atoms with Crippen LogP contribution in [0.5, 0.6) is 0 Å². The summed E-state index contributed by atoms with van der Waals surface area (Å²) in [4.78, 5) is 25.5. The first-order valence-corrected chi connectivity index (χ1v) is 7.31. The fraction of sp³-hybridized carbons (Fsp3) is 0.500. The van der Waals surface area contributed by atoms with Gasteiger partial charge in [-0.05, 0) is 17.7 Å². The van der Waals surface area contributed by atoms with E-state index in [9.17, 15) is 9.59 Å². The molecular weight excluding hydrogens is 268 g/mol. The van der Waals surface area contributed by atoms with Gasteiger partial charge in [-0.15, -0.1) is 0 Å². The highest BCUT2D eigenvalue weighted by Gasteiger charge is 2.16. The number of hydrogen-bond acceptors (Lipinski definition) is 3. The van der Waals surface area contributed by atoms with Crippen LogP contribution < -0.4 is 5.32 Å². The highest BCUT2D eigenvalue weighted by Crippen LogP contribution is 2.12. The van der Waals surface area contributed by atoms with Crippen molar-refractivity contribution in [3.8, 4) is 0 Å². The molecule has 2 rings (SSSR count). The Hall–Kier alpha value is -1.88. The number of nitrogens with one attached hydrogen (secondary N) is 1. The van der Waals surface area contributed by atoms with Crippen molar-refractivity contribution in [2.75, 3.05) is 31.6 Å². The molecule has 0 radical (unpaired) electrons. The van der Waals surface area contributed by atoms with Gasteiger partial charge in [0.25, 0.3) is 0 Å². The fourth-order valence-corrected chi connectivity index (χ4v) is 2.09. The first kappa shape index (κ1) is 15.5. The Morgan fingerprint density at radius 3 is 2.38 bits per heavy atom. The molecule has 1 aliphatic rings. The van der Waals surface area contributed by atoms with Crippen molar-refractivity contribution < 1.29 is 14.3 Å². The third kappa shape index (κ3) is 4.56. The Labute approximate surface area is 125 Å². The van der Waals surface area contributed by atoms with Gasteiger partial charge in [-0.25, -0.2) is 0 Å². The zero-order valence-corrected chi connectivity index (χ0v) is 12.6. The van der Waals surface area contributed by atoms with E-state index in [1.807, 2.05) is 43.0 Å². The highest BCUT2D eigenvalue weighted by molar-refractivity contribution is 5.92. The molecule has 5 nitrogen and oxygen atoms in total. The number of carbonyl (C=O) groups is 2. The summed E-state index contributed by atoms with van der Waals surface area (Å²) in [6.45, 7) is 6.27. The molecule has 5 heteroatoms. The van der Waals surface area contributed by atoms with Crippen molar-refractivity contribution in [3.63, 3.8) is 0 Å². The third-order valence-corrected chi connectivity index (χ3v) is 3.46. The van der Waals surface area contributed by atoms with E-state index < -0.39 is 0 Å². The van der Waals surface area contributed by atoms with Crippen LogP contribution in [0.4, 0.5) is 5.69 Å². The van der Waals surface area contributed by atoms with Gasteiger partial charge in [-0.1, -0.05) is 26.0 Å². The van der Waals surface area contributed by atoms with E-state index in [4.69, 9.17) is 4.74 Å². The van der Waals surface area contributed by atoms with Crippen LogP contribution in [0, 0.1) is 5.92 Å². The fourth-order valence-electron chi connectivity index (χ4n) is 2.09. The summed E-state index contributed by atoms with van der Waals surface area (Å²) in [6, 6.07) is 7.44. The van der Waals surface area contributed by atoms with Gasteiger partial charge in [0.1, 0.15) is 0 Å². The predicted molar refractivity (Wildman–Crippen MR) is 81.0 cm³/mol. The van der Waals surface area contributed by atoms with Gasteiger partial charge in [0.2, 0.25) is 11.8 Å². The van der Waals surface area contributed by atoms with Crippen LogP contribution >= 0.6 is 0 Å². The number of morpholine rings is 1. The Kier molecular flexibility index (Phi) is 5.33. The lowest BCUT2D eigenvalue weighted by Gasteiger charge is -2.26. The summed E-state index contributed by atoms with van der Waals surface area (Å²) in [6.07, 6.45) is 0.387. The summed E-state index contributed by atoms with van der Waals surface area (Å²) in [5, 5.41) is 2.83. The van der Waals surface area contributed by atoms with Crippen molar-refractivity contribution in [2.24, 2.45) is 5.92 Å². The van der Waals surface area contributed by atoms with Crippen LogP contribution in [-0.2, 0) is 20.7 Å². The van der Waals surface area contributed by atoms with Crippen LogP contribution in [0.3, 0.4) is 0 Å². The molecular formula is C16H22N2O3. The van der Waals surface area contributed by atoms with Crippen LogP contribution in [0.15, 0.2) is 24.3 Å². The molecule has 0 saturated carbocycles. The molecule has 0 aliphatic carbocycles. The van der Waals surface area contributed by atoms with E-state index in [0.717, 1.165) is 11.3 Å². The van der Waals surface area contributed by atoms with Gasteiger partial charge >= 0.3 is 0 Å². The summed E-state index contributed by atoms with van der Waals surface area (Å²) < 4.78 is 5.24. The Bertz CT molecular complexity index is 491. The summed E-state index contributed by atoms with van der Waals surface area (Å²) in [7, 11) is 0. The molecule has 0 bridgehead atoms. The Morgan fingerprint density at radius 2 is 1.81 bits per heavy atom. The lowest BCUT2D eigenvalue weighted by Crippen LogP contribution is -2.41. The maximum absolute atomic E-state index is 12.1. The molecule has 1 heterocycles. The van der Waals surface area contributed by atoms with E-state index in [2.05, 4.69) is 5.32 Å². The molecule has 2 amide bonds. The maximum atomic E-state index is 12.1. The van der Waals surface area contributed by atoms with Gasteiger partial charge in [-0.3, -0.25) is 9.59 Å². The average Bonchev–Trinajstić information content (AvgIpc) is 2.50. The average molecular weight is 290 g/mol. The summed E-state index contributed by atoms with van der Waals surface area (Å²) in [5.41, 5.74) is 1.71. The molecule has 21 heavy (non-hydrogen) atoms. The largest absolute Gasteiger partial charge is 0.378 e. The zero-order chi connectivity index (χ0) is 15.2. The van der Waals surface area contributed by atoms with Gasteiger partial charge in [0.05, 0.1) is 19.6 Å². The number of ether oxygens (including phenoxy) is 1. The number of hydrogen-bond donors (Lipinski definition) is 1. The molecule has 114 valence electrons. The van der Waals surface area contributed by atoms with E-state index in [1.54, 1.807) is 0 Å². The molecule has 0 unspecified atom stereocenters. The van der Waals surface area contributed by atoms with Crippen LogP contribution in [0.2, 0.25) is 0 Å². The van der Waals surface area contributed by atoms with Crippen LogP contribution in [0.25, 0.3) is 0 Å². The van der Waals surface area contributed by atoms with Crippen LogP contribution in [-0.4, -0.2) is 43.0 Å². The minimum Gasteiger partial charge on any atom is -0.378 e. The number of rotatable bonds is 4. The van der Waals surface area contributed by atoms with Gasteiger partial charge in [0, 0.05) is 24.7 Å². The number of nitrogens with zero attached hydrogens (tertiary/aromatic N) is 1. The summed E-state index contributed by atoms with van der Waals surface area (Å²) in [5.74, 6) is 0.0667. The second kappa shape index (κ2) is 7.22. The molecule has 1 N–H and O–H groups in total. The lowest BCUT2D eigenvalue weighted by molar-refractivity contribution is -0.134. The molecule has 0 atom stereocenters. The number of amides is 2. The minimum atomic E-state index is -0.0485. The van der Waals surface area contributed by atoms with Crippen molar-refractivity contribution in [1.82, 2.24) is 4.90 Å². The van der Waals surface area contributed by atoms with E-state index in [0.29, 0.717) is 32.7 Å². The highest BCUT2D eigenvalue weighted by atomic mass is 16.5. The van der Waals surface area contributed by atoms with E-state index in [1.165, 1.54) is 0 Å².